The highest BCUT2D eigenvalue weighted by atomic mass is 16.3. The highest BCUT2D eigenvalue weighted by Crippen LogP contribution is 2.40. The number of benzene rings is 7. The van der Waals surface area contributed by atoms with Crippen LogP contribution in [0.5, 0.6) is 0 Å². The third kappa shape index (κ3) is 4.49. The molecule has 0 aliphatic heterocycles. The van der Waals surface area contributed by atoms with E-state index in [0.717, 1.165) is 55.3 Å². The van der Waals surface area contributed by atoms with E-state index in [1.165, 1.54) is 21.9 Å². The number of hydrogen-bond donors (Lipinski definition) is 0. The molecule has 9 rings (SSSR count). The molecule has 216 valence electrons. The highest BCUT2D eigenvalue weighted by Gasteiger charge is 2.16. The molecule has 7 aromatic carbocycles. The van der Waals surface area contributed by atoms with E-state index in [0.29, 0.717) is 5.71 Å². The Kier molecular flexibility index (Phi) is 6.14. The molecule has 46 heavy (non-hydrogen) atoms. The summed E-state index contributed by atoms with van der Waals surface area (Å²) < 4.78 is 6.26. The number of hydrogen-bond acceptors (Lipinski definition) is 3. The van der Waals surface area contributed by atoms with Crippen LogP contribution in [-0.2, 0) is 0 Å². The van der Waals surface area contributed by atoms with Crippen LogP contribution < -0.4 is 4.90 Å². The van der Waals surface area contributed by atoms with Gasteiger partial charge in [0.05, 0.1) is 0 Å². The number of rotatable bonds is 5. The molecule has 0 N–H and O–H groups in total. The van der Waals surface area contributed by atoms with E-state index in [1.807, 2.05) is 6.07 Å². The second kappa shape index (κ2) is 10.8. The van der Waals surface area contributed by atoms with Crippen molar-refractivity contribution in [1.82, 2.24) is 4.98 Å². The summed E-state index contributed by atoms with van der Waals surface area (Å²) in [6.07, 6.45) is 1.78. The van der Waals surface area contributed by atoms with E-state index in [9.17, 15) is 0 Å². The van der Waals surface area contributed by atoms with Gasteiger partial charge in [0.1, 0.15) is 5.58 Å². The molecule has 0 amide bonds. The van der Waals surface area contributed by atoms with Crippen molar-refractivity contribution in [3.63, 3.8) is 0 Å². The number of aromatic nitrogens is 1. The summed E-state index contributed by atoms with van der Waals surface area (Å²) in [5.74, 6) is 0. The Morgan fingerprint density at radius 1 is 0.391 bits per heavy atom. The van der Waals surface area contributed by atoms with E-state index < -0.39 is 0 Å². The van der Waals surface area contributed by atoms with Crippen LogP contribution in [-0.4, -0.2) is 4.98 Å². The van der Waals surface area contributed by atoms with Crippen molar-refractivity contribution in [2.24, 2.45) is 0 Å². The Morgan fingerprint density at radius 2 is 1.07 bits per heavy atom. The van der Waals surface area contributed by atoms with Crippen LogP contribution in [0.25, 0.3) is 65.9 Å². The van der Waals surface area contributed by atoms with Crippen molar-refractivity contribution in [3.05, 3.63) is 170 Å². The summed E-state index contributed by atoms with van der Waals surface area (Å²) in [5, 5.41) is 6.81. The topological polar surface area (TPSA) is 29.3 Å². The van der Waals surface area contributed by atoms with Crippen LogP contribution in [0.4, 0.5) is 17.1 Å². The Balaban J connectivity index is 1.15. The van der Waals surface area contributed by atoms with Crippen molar-refractivity contribution < 1.29 is 4.42 Å². The number of nitrogens with zero attached hydrogens (tertiary/aromatic N) is 2. The van der Waals surface area contributed by atoms with Gasteiger partial charge in [-0.25, -0.2) is 4.98 Å². The molecule has 2 heterocycles. The van der Waals surface area contributed by atoms with Crippen molar-refractivity contribution in [1.29, 1.82) is 0 Å². The molecule has 3 heteroatoms. The average Bonchev–Trinajstić information content (AvgIpc) is 3.52. The van der Waals surface area contributed by atoms with Gasteiger partial charge in [0, 0.05) is 39.4 Å². The minimum atomic E-state index is 0.671. The molecule has 3 nitrogen and oxygen atoms in total. The van der Waals surface area contributed by atoms with Crippen LogP contribution in [0.1, 0.15) is 0 Å². The Bertz CT molecular complexity index is 2530. The lowest BCUT2D eigenvalue weighted by atomic mass is 9.99. The first kappa shape index (κ1) is 26.2. The first-order valence-electron chi connectivity index (χ1n) is 15.5. The van der Waals surface area contributed by atoms with Crippen LogP contribution >= 0.6 is 0 Å². The number of pyridine rings is 1. The molecule has 0 aliphatic rings. The zero-order chi connectivity index (χ0) is 30.5. The largest absolute Gasteiger partial charge is 0.437 e. The third-order valence-corrected chi connectivity index (χ3v) is 8.89. The average molecular weight is 589 g/mol. The first-order chi connectivity index (χ1) is 22.8. The minimum absolute atomic E-state index is 0.671. The van der Waals surface area contributed by atoms with Gasteiger partial charge in [-0.3, -0.25) is 0 Å². The maximum Gasteiger partial charge on any atom is 0.227 e. The number of anilines is 3. The molecule has 0 fully saturated rings. The smallest absolute Gasteiger partial charge is 0.227 e. The molecule has 0 radical (unpaired) electrons. The van der Waals surface area contributed by atoms with Crippen LogP contribution in [0.3, 0.4) is 0 Å². The van der Waals surface area contributed by atoms with Gasteiger partial charge in [-0.2, -0.15) is 0 Å². The predicted octanol–water partition coefficient (Wildman–Crippen LogP) is 12.1. The molecular formula is C43H28N2O. The highest BCUT2D eigenvalue weighted by molar-refractivity contribution is 6.15. The van der Waals surface area contributed by atoms with E-state index in [-0.39, 0.29) is 0 Å². The Hall–Kier alpha value is -6.19. The summed E-state index contributed by atoms with van der Waals surface area (Å²) in [6, 6.07) is 58.3. The van der Waals surface area contributed by atoms with Gasteiger partial charge >= 0.3 is 0 Å². The first-order valence-corrected chi connectivity index (χ1v) is 15.5. The summed E-state index contributed by atoms with van der Waals surface area (Å²) >= 11 is 0. The van der Waals surface area contributed by atoms with Gasteiger partial charge in [0.2, 0.25) is 5.71 Å². The monoisotopic (exact) mass is 588 g/mol. The Labute approximate surface area is 266 Å². The Morgan fingerprint density at radius 3 is 1.96 bits per heavy atom. The summed E-state index contributed by atoms with van der Waals surface area (Å²) in [6.45, 7) is 0. The van der Waals surface area contributed by atoms with Gasteiger partial charge in [-0.1, -0.05) is 103 Å². The molecule has 0 atom stereocenters. The maximum atomic E-state index is 6.26. The molecular weight excluding hydrogens is 560 g/mol. The molecule has 0 unspecified atom stereocenters. The molecule has 0 saturated heterocycles. The van der Waals surface area contributed by atoms with Gasteiger partial charge in [-0.15, -0.1) is 0 Å². The van der Waals surface area contributed by atoms with Gasteiger partial charge in [0.25, 0.3) is 0 Å². The van der Waals surface area contributed by atoms with Crippen LogP contribution in [0.15, 0.2) is 174 Å². The van der Waals surface area contributed by atoms with Crippen LogP contribution in [0, 0.1) is 0 Å². The molecule has 0 spiro atoms. The zero-order valence-corrected chi connectivity index (χ0v) is 25.0. The molecule has 0 aliphatic carbocycles. The van der Waals surface area contributed by atoms with Gasteiger partial charge in [-0.05, 0) is 99.1 Å². The van der Waals surface area contributed by atoms with E-state index >= 15 is 0 Å². The zero-order valence-electron chi connectivity index (χ0n) is 25.0. The fraction of sp³-hybridized carbons (Fsp3) is 0. The second-order valence-corrected chi connectivity index (χ2v) is 11.7. The maximum absolute atomic E-state index is 6.26. The minimum Gasteiger partial charge on any atom is -0.437 e. The fourth-order valence-corrected chi connectivity index (χ4v) is 6.59. The lowest BCUT2D eigenvalue weighted by Crippen LogP contribution is -2.10. The standard InChI is InChI=1S/C43H28N2O/c1-2-8-29(9-3-1)34-12-6-13-37(26-34)45(38-23-19-30-10-4-5-11-33(30)27-38)36-21-17-31(18-22-36)35-16-15-32-20-24-39-40-14-7-25-44-43(40)46-42(39)41(32)28-35/h1-28H. The molecule has 0 saturated carbocycles. The van der Waals surface area contributed by atoms with E-state index in [4.69, 9.17) is 4.42 Å². The lowest BCUT2D eigenvalue weighted by Gasteiger charge is -2.26. The lowest BCUT2D eigenvalue weighted by molar-refractivity contribution is 0.657. The van der Waals surface area contributed by atoms with Crippen molar-refractivity contribution in [2.45, 2.75) is 0 Å². The second-order valence-electron chi connectivity index (χ2n) is 11.7. The SMILES string of the molecule is c1ccc(-c2cccc(N(c3ccc(-c4ccc5ccc6c7cccnc7oc6c5c4)cc3)c3ccc4ccccc4c3)c2)cc1. The van der Waals surface area contributed by atoms with Crippen molar-refractivity contribution in [2.75, 3.05) is 4.90 Å². The fourth-order valence-electron chi connectivity index (χ4n) is 6.59. The van der Waals surface area contributed by atoms with Gasteiger partial charge < -0.3 is 9.32 Å². The number of furan rings is 1. The summed E-state index contributed by atoms with van der Waals surface area (Å²) in [5.41, 5.74) is 9.54. The molecule has 9 aromatic rings. The normalized spacial score (nSPS) is 11.5. The van der Waals surface area contributed by atoms with E-state index in [2.05, 4.69) is 168 Å². The quantitative estimate of drug-likeness (QED) is 0.200. The van der Waals surface area contributed by atoms with Crippen LogP contribution in [0.2, 0.25) is 0 Å². The molecule has 2 aromatic heterocycles. The summed E-state index contributed by atoms with van der Waals surface area (Å²) in [4.78, 5) is 6.79. The number of fused-ring (bicyclic) bond motifs is 6. The van der Waals surface area contributed by atoms with Crippen molar-refractivity contribution in [3.8, 4) is 22.3 Å². The molecule has 0 bridgehead atoms. The predicted molar refractivity (Wildman–Crippen MR) is 192 cm³/mol. The van der Waals surface area contributed by atoms with Crippen molar-refractivity contribution >= 4 is 60.7 Å². The van der Waals surface area contributed by atoms with Gasteiger partial charge in [0.15, 0.2) is 0 Å². The van der Waals surface area contributed by atoms with E-state index in [1.54, 1.807) is 6.20 Å². The summed E-state index contributed by atoms with van der Waals surface area (Å²) in [7, 11) is 0. The third-order valence-electron chi connectivity index (χ3n) is 8.89.